The van der Waals surface area contributed by atoms with E-state index in [0.29, 0.717) is 31.7 Å². The third-order valence-corrected chi connectivity index (χ3v) is 3.79. The number of hydrogen-bond donors (Lipinski definition) is 1. The molecule has 0 saturated heterocycles. The van der Waals surface area contributed by atoms with Crippen molar-refractivity contribution < 1.29 is 14.3 Å². The minimum absolute atomic E-state index is 0.00701. The van der Waals surface area contributed by atoms with E-state index in [4.69, 9.17) is 4.74 Å². The number of carbonyl (C=O) groups is 2. The fourth-order valence-electron chi connectivity index (χ4n) is 2.55. The van der Waals surface area contributed by atoms with Crippen molar-refractivity contribution in [2.75, 3.05) is 7.11 Å². The summed E-state index contributed by atoms with van der Waals surface area (Å²) in [6.45, 7) is 2.29. The van der Waals surface area contributed by atoms with E-state index in [-0.39, 0.29) is 23.5 Å². The van der Waals surface area contributed by atoms with Crippen LogP contribution in [0.15, 0.2) is 18.3 Å². The summed E-state index contributed by atoms with van der Waals surface area (Å²) in [5.41, 5.74) is 0.850. The molecule has 2 rings (SSSR count). The van der Waals surface area contributed by atoms with E-state index >= 15 is 0 Å². The van der Waals surface area contributed by atoms with Crippen LogP contribution in [0.4, 0.5) is 0 Å². The first-order chi connectivity index (χ1) is 9.61. The van der Waals surface area contributed by atoms with Crippen LogP contribution in [-0.4, -0.2) is 23.8 Å². The summed E-state index contributed by atoms with van der Waals surface area (Å²) < 4.78 is 5.15. The number of nitrogens with zero attached hydrogens (tertiary/aromatic N) is 1. The fraction of sp³-hybridized carbons (Fsp3) is 0.533. The molecular formula is C15H20N2O3. The summed E-state index contributed by atoms with van der Waals surface area (Å²) in [5.74, 6) is 0.732. The minimum Gasteiger partial charge on any atom is -0.481 e. The number of amides is 1. The predicted molar refractivity (Wildman–Crippen MR) is 74.1 cm³/mol. The summed E-state index contributed by atoms with van der Waals surface area (Å²) in [6, 6.07) is 3.69. The standard InChI is InChI=1S/C15H20N2O3/c1-10-8-11(5-6-13(10)18)14(19)17-9-12-4-3-7-16-15(12)20-2/h3-4,7,10-11H,5-6,8-9H2,1-2H3,(H,17,19). The fourth-order valence-corrected chi connectivity index (χ4v) is 2.55. The molecule has 2 atom stereocenters. The van der Waals surface area contributed by atoms with Gasteiger partial charge in [-0.3, -0.25) is 9.59 Å². The Balaban J connectivity index is 1.90. The number of ketones is 1. The molecule has 0 spiro atoms. The maximum Gasteiger partial charge on any atom is 0.223 e. The SMILES string of the molecule is COc1ncccc1CNC(=O)C1CCC(=O)C(C)C1. The van der Waals surface area contributed by atoms with Crippen LogP contribution in [-0.2, 0) is 16.1 Å². The molecule has 0 aliphatic heterocycles. The molecule has 5 nitrogen and oxygen atoms in total. The molecule has 1 fully saturated rings. The van der Waals surface area contributed by atoms with Crippen molar-refractivity contribution >= 4 is 11.7 Å². The average Bonchev–Trinajstić information content (AvgIpc) is 2.47. The molecule has 0 bridgehead atoms. The van der Waals surface area contributed by atoms with E-state index in [1.165, 1.54) is 0 Å². The smallest absolute Gasteiger partial charge is 0.223 e. The predicted octanol–water partition coefficient (Wildman–Crippen LogP) is 1.71. The summed E-state index contributed by atoms with van der Waals surface area (Å²) in [6.07, 6.45) is 3.46. The van der Waals surface area contributed by atoms with Gasteiger partial charge in [0, 0.05) is 36.6 Å². The third kappa shape index (κ3) is 3.35. The molecule has 0 aromatic carbocycles. The Hall–Kier alpha value is -1.91. The summed E-state index contributed by atoms with van der Waals surface area (Å²) in [5, 5.41) is 2.91. The van der Waals surface area contributed by atoms with Crippen LogP contribution in [0.3, 0.4) is 0 Å². The number of aromatic nitrogens is 1. The van der Waals surface area contributed by atoms with Crippen molar-refractivity contribution in [1.82, 2.24) is 10.3 Å². The van der Waals surface area contributed by atoms with Gasteiger partial charge >= 0.3 is 0 Å². The molecule has 1 heterocycles. The van der Waals surface area contributed by atoms with Gasteiger partial charge in [-0.25, -0.2) is 4.98 Å². The number of rotatable bonds is 4. The number of methoxy groups -OCH3 is 1. The van der Waals surface area contributed by atoms with Crippen LogP contribution in [0.25, 0.3) is 0 Å². The molecule has 2 unspecified atom stereocenters. The topological polar surface area (TPSA) is 68.3 Å². The molecule has 0 radical (unpaired) electrons. The highest BCUT2D eigenvalue weighted by Crippen LogP contribution is 2.26. The molecular weight excluding hydrogens is 256 g/mol. The lowest BCUT2D eigenvalue weighted by Crippen LogP contribution is -2.35. The molecule has 1 N–H and O–H groups in total. The van der Waals surface area contributed by atoms with Crippen LogP contribution in [0.2, 0.25) is 0 Å². The van der Waals surface area contributed by atoms with Gasteiger partial charge in [-0.1, -0.05) is 13.0 Å². The second kappa shape index (κ2) is 6.50. The number of Topliss-reactive ketones (excluding diaryl/α,β-unsaturated/α-hetero) is 1. The van der Waals surface area contributed by atoms with E-state index in [1.54, 1.807) is 13.3 Å². The molecule has 1 saturated carbocycles. The zero-order valence-electron chi connectivity index (χ0n) is 11.9. The summed E-state index contributed by atoms with van der Waals surface area (Å²) in [7, 11) is 1.56. The van der Waals surface area contributed by atoms with Crippen LogP contribution in [0.5, 0.6) is 5.88 Å². The minimum atomic E-state index is -0.0645. The Kier molecular flexibility index (Phi) is 4.71. The Labute approximate surface area is 118 Å². The normalized spacial score (nSPS) is 22.4. The monoisotopic (exact) mass is 276 g/mol. The van der Waals surface area contributed by atoms with Gasteiger partial charge in [0.15, 0.2) is 0 Å². The lowest BCUT2D eigenvalue weighted by atomic mass is 9.81. The molecule has 1 aromatic rings. The molecule has 5 heteroatoms. The van der Waals surface area contributed by atoms with Crippen molar-refractivity contribution in [1.29, 1.82) is 0 Å². The zero-order chi connectivity index (χ0) is 14.5. The highest BCUT2D eigenvalue weighted by atomic mass is 16.5. The van der Waals surface area contributed by atoms with Crippen molar-refractivity contribution in [3.8, 4) is 5.88 Å². The maximum absolute atomic E-state index is 12.1. The zero-order valence-corrected chi connectivity index (χ0v) is 11.9. The van der Waals surface area contributed by atoms with Crippen molar-refractivity contribution in [2.45, 2.75) is 32.7 Å². The van der Waals surface area contributed by atoms with Gasteiger partial charge in [-0.15, -0.1) is 0 Å². The lowest BCUT2D eigenvalue weighted by molar-refractivity contribution is -0.131. The third-order valence-electron chi connectivity index (χ3n) is 3.79. The Morgan fingerprint density at radius 3 is 3.05 bits per heavy atom. The molecule has 1 aromatic heterocycles. The Morgan fingerprint density at radius 1 is 1.55 bits per heavy atom. The number of nitrogens with one attached hydrogen (secondary N) is 1. The first-order valence-corrected chi connectivity index (χ1v) is 6.90. The molecule has 1 amide bonds. The van der Waals surface area contributed by atoms with Gasteiger partial charge in [-0.2, -0.15) is 0 Å². The largest absolute Gasteiger partial charge is 0.481 e. The van der Waals surface area contributed by atoms with Crippen LogP contribution >= 0.6 is 0 Å². The highest BCUT2D eigenvalue weighted by molar-refractivity contribution is 5.85. The Morgan fingerprint density at radius 2 is 2.35 bits per heavy atom. The number of carbonyl (C=O) groups excluding carboxylic acids is 2. The van der Waals surface area contributed by atoms with E-state index in [9.17, 15) is 9.59 Å². The van der Waals surface area contributed by atoms with Crippen LogP contribution < -0.4 is 10.1 Å². The molecule has 108 valence electrons. The summed E-state index contributed by atoms with van der Waals surface area (Å²) in [4.78, 5) is 27.7. The lowest BCUT2D eigenvalue weighted by Gasteiger charge is -2.24. The van der Waals surface area contributed by atoms with E-state index in [1.807, 2.05) is 19.1 Å². The highest BCUT2D eigenvalue weighted by Gasteiger charge is 2.29. The molecule has 20 heavy (non-hydrogen) atoms. The van der Waals surface area contributed by atoms with Gasteiger partial charge in [0.05, 0.1) is 7.11 Å². The second-order valence-corrected chi connectivity index (χ2v) is 5.23. The maximum atomic E-state index is 12.1. The first kappa shape index (κ1) is 14.5. The number of hydrogen-bond acceptors (Lipinski definition) is 4. The number of pyridine rings is 1. The van der Waals surface area contributed by atoms with Crippen molar-refractivity contribution in [3.63, 3.8) is 0 Å². The van der Waals surface area contributed by atoms with Gasteiger partial charge < -0.3 is 10.1 Å². The van der Waals surface area contributed by atoms with E-state index in [0.717, 1.165) is 5.56 Å². The van der Waals surface area contributed by atoms with E-state index < -0.39 is 0 Å². The molecule has 1 aliphatic carbocycles. The second-order valence-electron chi connectivity index (χ2n) is 5.23. The van der Waals surface area contributed by atoms with Crippen molar-refractivity contribution in [3.05, 3.63) is 23.9 Å². The van der Waals surface area contributed by atoms with Gasteiger partial charge in [0.2, 0.25) is 11.8 Å². The molecule has 1 aliphatic rings. The quantitative estimate of drug-likeness (QED) is 0.909. The van der Waals surface area contributed by atoms with Crippen LogP contribution in [0.1, 0.15) is 31.7 Å². The van der Waals surface area contributed by atoms with Gasteiger partial charge in [0.1, 0.15) is 5.78 Å². The van der Waals surface area contributed by atoms with Gasteiger partial charge in [0.25, 0.3) is 0 Å². The van der Waals surface area contributed by atoms with Crippen molar-refractivity contribution in [2.24, 2.45) is 11.8 Å². The summed E-state index contributed by atoms with van der Waals surface area (Å²) >= 11 is 0. The first-order valence-electron chi connectivity index (χ1n) is 6.90. The van der Waals surface area contributed by atoms with E-state index in [2.05, 4.69) is 10.3 Å². The van der Waals surface area contributed by atoms with Crippen LogP contribution in [0, 0.1) is 11.8 Å². The van der Waals surface area contributed by atoms with Gasteiger partial charge in [-0.05, 0) is 18.9 Å². The average molecular weight is 276 g/mol. The number of ether oxygens (including phenoxy) is 1. The Bertz CT molecular complexity index is 502.